The molecule has 1 saturated carbocycles. The molecule has 2 heterocycles. The molecule has 0 atom stereocenters. The van der Waals surface area contributed by atoms with E-state index in [0.29, 0.717) is 40.2 Å². The van der Waals surface area contributed by atoms with E-state index in [1.165, 1.54) is 13.2 Å². The van der Waals surface area contributed by atoms with Crippen LogP contribution in [0.15, 0.2) is 36.5 Å². The monoisotopic (exact) mass is 435 g/mol. The lowest BCUT2D eigenvalue weighted by molar-refractivity contribution is -0.614. The molecule has 0 bridgehead atoms. The fourth-order valence-corrected chi connectivity index (χ4v) is 4.21. The number of nitriles is 1. The Hall–Kier alpha value is -3.64. The van der Waals surface area contributed by atoms with Gasteiger partial charge in [-0.15, -0.1) is 0 Å². The standard InChI is InChI=1S/C23H25N5O4/c1-15-4-3-5-20(28(15)31)22(29)25-19-12-16-14-27(26-18(16)13-21(19)32-2)17-6-8-23(30,9-7-17)10-11-24/h3-5,12-14,17,30H,6-10H2,1-2H3,(H,25,29)/t17-,23-. The first-order valence-corrected chi connectivity index (χ1v) is 10.5. The van der Waals surface area contributed by atoms with Gasteiger partial charge in [0.15, 0.2) is 5.69 Å². The fourth-order valence-electron chi connectivity index (χ4n) is 4.21. The van der Waals surface area contributed by atoms with Crippen molar-refractivity contribution in [3.63, 3.8) is 0 Å². The van der Waals surface area contributed by atoms with Crippen molar-refractivity contribution in [1.29, 1.82) is 5.26 Å². The van der Waals surface area contributed by atoms with Gasteiger partial charge in [-0.25, -0.2) is 0 Å². The van der Waals surface area contributed by atoms with Gasteiger partial charge in [-0.1, -0.05) is 0 Å². The number of methoxy groups -OCH3 is 1. The summed E-state index contributed by atoms with van der Waals surface area (Å²) in [5.41, 5.74) is 0.669. The molecule has 1 amide bonds. The zero-order valence-electron chi connectivity index (χ0n) is 18.0. The topological polar surface area (TPSA) is 127 Å². The molecule has 0 radical (unpaired) electrons. The number of ether oxygens (including phenoxy) is 1. The van der Waals surface area contributed by atoms with E-state index in [4.69, 9.17) is 10.00 Å². The van der Waals surface area contributed by atoms with Gasteiger partial charge in [0.25, 0.3) is 5.69 Å². The average molecular weight is 435 g/mol. The van der Waals surface area contributed by atoms with E-state index in [1.54, 1.807) is 31.2 Å². The van der Waals surface area contributed by atoms with Crippen LogP contribution in [0.5, 0.6) is 5.75 Å². The van der Waals surface area contributed by atoms with Crippen molar-refractivity contribution in [3.05, 3.63) is 53.1 Å². The number of carbonyl (C=O) groups is 1. The molecule has 9 nitrogen and oxygen atoms in total. The zero-order valence-corrected chi connectivity index (χ0v) is 18.0. The van der Waals surface area contributed by atoms with E-state index < -0.39 is 11.5 Å². The van der Waals surface area contributed by atoms with Crippen LogP contribution in [0.2, 0.25) is 0 Å². The van der Waals surface area contributed by atoms with Gasteiger partial charge in [0.1, 0.15) is 5.75 Å². The fraction of sp³-hybridized carbons (Fsp3) is 0.391. The Labute approximate surface area is 185 Å². The van der Waals surface area contributed by atoms with Crippen molar-refractivity contribution >= 4 is 22.5 Å². The normalized spacial score (nSPS) is 20.6. The molecule has 2 aromatic heterocycles. The molecule has 2 N–H and O–H groups in total. The number of aromatic nitrogens is 3. The lowest BCUT2D eigenvalue weighted by atomic mass is 9.80. The van der Waals surface area contributed by atoms with Gasteiger partial charge in [0.05, 0.1) is 42.4 Å². The second-order valence-electron chi connectivity index (χ2n) is 8.31. The number of hydrogen-bond donors (Lipinski definition) is 2. The molecule has 9 heteroatoms. The van der Waals surface area contributed by atoms with Crippen LogP contribution in [-0.2, 0) is 0 Å². The molecule has 1 aromatic carbocycles. The van der Waals surface area contributed by atoms with Gasteiger partial charge >= 0.3 is 5.91 Å². The van der Waals surface area contributed by atoms with Crippen molar-refractivity contribution in [3.8, 4) is 11.8 Å². The molecule has 1 fully saturated rings. The van der Waals surface area contributed by atoms with Crippen LogP contribution in [0.3, 0.4) is 0 Å². The molecule has 4 rings (SSSR count). The maximum absolute atomic E-state index is 12.7. The number of pyridine rings is 1. The number of hydrogen-bond acceptors (Lipinski definition) is 6. The number of nitrogens with zero attached hydrogens (tertiary/aromatic N) is 4. The van der Waals surface area contributed by atoms with E-state index in [1.807, 2.05) is 10.9 Å². The van der Waals surface area contributed by atoms with Crippen molar-refractivity contribution in [2.24, 2.45) is 0 Å². The lowest BCUT2D eigenvalue weighted by Gasteiger charge is -2.34. The maximum Gasteiger partial charge on any atom is 0.321 e. The smallest absolute Gasteiger partial charge is 0.321 e. The van der Waals surface area contributed by atoms with E-state index in [-0.39, 0.29) is 18.2 Å². The van der Waals surface area contributed by atoms with E-state index in [9.17, 15) is 15.1 Å². The van der Waals surface area contributed by atoms with Gasteiger partial charge in [-0.05, 0) is 37.8 Å². The number of amides is 1. The van der Waals surface area contributed by atoms with Gasteiger partial charge in [-0.2, -0.15) is 15.1 Å². The van der Waals surface area contributed by atoms with Crippen LogP contribution < -0.4 is 14.8 Å². The number of fused-ring (bicyclic) bond motifs is 1. The van der Waals surface area contributed by atoms with Gasteiger partial charge < -0.3 is 20.4 Å². The maximum atomic E-state index is 12.7. The SMILES string of the molecule is COc1cc2nn([C@H]3CC[C@@](O)(CC#N)CC3)cc2cc1NC(=O)c1cccc(C)[n+]1[O-]. The summed E-state index contributed by atoms with van der Waals surface area (Å²) in [6, 6.07) is 10.5. The largest absolute Gasteiger partial charge is 0.618 e. The molecule has 0 saturated heterocycles. The van der Waals surface area contributed by atoms with Crippen LogP contribution in [-0.4, -0.2) is 33.5 Å². The van der Waals surface area contributed by atoms with Crippen molar-refractivity contribution in [1.82, 2.24) is 9.78 Å². The third kappa shape index (κ3) is 4.09. The number of anilines is 1. The van der Waals surface area contributed by atoms with Crippen LogP contribution in [0.4, 0.5) is 5.69 Å². The summed E-state index contributed by atoms with van der Waals surface area (Å²) >= 11 is 0. The first-order valence-electron chi connectivity index (χ1n) is 10.5. The molecular formula is C23H25N5O4. The Bertz CT molecular complexity index is 1210. The highest BCUT2D eigenvalue weighted by Gasteiger charge is 2.34. The molecule has 0 spiro atoms. The minimum absolute atomic E-state index is 0.00472. The molecule has 0 aliphatic heterocycles. The second kappa shape index (κ2) is 8.48. The summed E-state index contributed by atoms with van der Waals surface area (Å²) in [5.74, 6) is -0.0916. The molecule has 0 unspecified atom stereocenters. The summed E-state index contributed by atoms with van der Waals surface area (Å²) in [7, 11) is 1.51. The number of aryl methyl sites for hydroxylation is 1. The third-order valence-corrected chi connectivity index (χ3v) is 6.12. The Morgan fingerprint density at radius 2 is 2.19 bits per heavy atom. The molecular weight excluding hydrogens is 410 g/mol. The molecule has 1 aliphatic carbocycles. The van der Waals surface area contributed by atoms with Crippen molar-refractivity contribution in [2.75, 3.05) is 12.4 Å². The zero-order chi connectivity index (χ0) is 22.9. The van der Waals surface area contributed by atoms with Crippen molar-refractivity contribution < 1.29 is 19.4 Å². The van der Waals surface area contributed by atoms with Crippen molar-refractivity contribution in [2.45, 2.75) is 50.7 Å². The van der Waals surface area contributed by atoms with E-state index in [0.717, 1.165) is 18.2 Å². The number of nitrogens with one attached hydrogen (secondary N) is 1. The predicted molar refractivity (Wildman–Crippen MR) is 117 cm³/mol. The highest BCUT2D eigenvalue weighted by molar-refractivity contribution is 6.04. The quantitative estimate of drug-likeness (QED) is 0.468. The highest BCUT2D eigenvalue weighted by Crippen LogP contribution is 2.38. The molecule has 32 heavy (non-hydrogen) atoms. The summed E-state index contributed by atoms with van der Waals surface area (Å²) in [4.78, 5) is 12.7. The Morgan fingerprint density at radius 1 is 1.44 bits per heavy atom. The number of carbonyl (C=O) groups excluding carboxylic acids is 1. The molecule has 1 aliphatic rings. The van der Waals surface area contributed by atoms with Crippen LogP contribution in [0, 0.1) is 23.5 Å². The summed E-state index contributed by atoms with van der Waals surface area (Å²) < 4.78 is 7.92. The van der Waals surface area contributed by atoms with Gasteiger partial charge in [-0.3, -0.25) is 9.48 Å². The third-order valence-electron chi connectivity index (χ3n) is 6.12. The summed E-state index contributed by atoms with van der Waals surface area (Å²) in [6.07, 6.45) is 4.61. The first-order chi connectivity index (χ1) is 15.3. The minimum atomic E-state index is -0.910. The second-order valence-corrected chi connectivity index (χ2v) is 8.31. The van der Waals surface area contributed by atoms with Crippen LogP contribution in [0.25, 0.3) is 10.9 Å². The van der Waals surface area contributed by atoms with E-state index >= 15 is 0 Å². The average Bonchev–Trinajstić information content (AvgIpc) is 3.18. The molecule has 3 aromatic rings. The predicted octanol–water partition coefficient (Wildman–Crippen LogP) is 3.00. The minimum Gasteiger partial charge on any atom is -0.618 e. The summed E-state index contributed by atoms with van der Waals surface area (Å²) in [5, 5.41) is 39.8. The van der Waals surface area contributed by atoms with Gasteiger partial charge in [0, 0.05) is 36.7 Å². The number of rotatable bonds is 5. The Kier molecular flexibility index (Phi) is 5.72. The number of benzene rings is 1. The van der Waals surface area contributed by atoms with E-state index in [2.05, 4.69) is 16.5 Å². The first kappa shape index (κ1) is 21.6. The van der Waals surface area contributed by atoms with Crippen LogP contribution in [0.1, 0.15) is 54.3 Å². The Balaban J connectivity index is 1.58. The summed E-state index contributed by atoms with van der Waals surface area (Å²) in [6.45, 7) is 1.64. The lowest BCUT2D eigenvalue weighted by Crippen LogP contribution is -2.39. The molecule has 166 valence electrons. The van der Waals surface area contributed by atoms with Gasteiger partial charge in [0.2, 0.25) is 0 Å². The highest BCUT2D eigenvalue weighted by atomic mass is 16.5. The van der Waals surface area contributed by atoms with Crippen LogP contribution >= 0.6 is 0 Å². The number of aliphatic hydroxyl groups is 1. The Morgan fingerprint density at radius 3 is 2.88 bits per heavy atom.